The molecule has 1 atom stereocenters. The molecule has 1 aliphatic carbocycles. The van der Waals surface area contributed by atoms with Crippen molar-refractivity contribution in [3.63, 3.8) is 0 Å². The third kappa shape index (κ3) is 4.23. The number of carbonyl (C=O) groups excluding carboxylic acids is 3. The number of carbonyl (C=O) groups is 3. The van der Waals surface area contributed by atoms with Crippen LogP contribution in [-0.4, -0.2) is 36.4 Å². The molecule has 2 aromatic carbocycles. The van der Waals surface area contributed by atoms with E-state index in [2.05, 4.69) is 10.6 Å². The fraction of sp³-hybridized carbons (Fsp3) is 0.318. The summed E-state index contributed by atoms with van der Waals surface area (Å²) in [5.74, 6) is 0.777. The van der Waals surface area contributed by atoms with Crippen LogP contribution in [-0.2, 0) is 11.3 Å². The zero-order chi connectivity index (χ0) is 20.4. The summed E-state index contributed by atoms with van der Waals surface area (Å²) in [7, 11) is 1.63. The summed E-state index contributed by atoms with van der Waals surface area (Å²) in [6.07, 6.45) is 2.17. The monoisotopic (exact) mass is 393 g/mol. The van der Waals surface area contributed by atoms with Crippen LogP contribution in [0.25, 0.3) is 0 Å². The Morgan fingerprint density at radius 1 is 1.21 bits per heavy atom. The molecular weight excluding hydrogens is 370 g/mol. The third-order valence-corrected chi connectivity index (χ3v) is 5.32. The van der Waals surface area contributed by atoms with E-state index in [1.54, 1.807) is 31.4 Å². The average molecular weight is 393 g/mol. The number of hydrogen-bond donors (Lipinski definition) is 2. The Morgan fingerprint density at radius 2 is 1.97 bits per heavy atom. The molecule has 29 heavy (non-hydrogen) atoms. The Kier molecular flexibility index (Phi) is 5.20. The van der Waals surface area contributed by atoms with Crippen molar-refractivity contribution >= 4 is 17.8 Å². The standard InChI is InChI=1S/C22H23N3O4/c1-29-18-9-7-16(8-10-18)20(15-5-6-15)24-21(27)17-4-2-3-14(11-17)13-25-19(26)12-23-22(25)28/h2-4,7-11,15,20H,5-6,12-13H2,1H3,(H,23,28)(H,24,27)/t20-/m0/s1. The molecule has 0 radical (unpaired) electrons. The SMILES string of the molecule is COc1ccc([C@@H](NC(=O)c2cccc(CN3C(=O)CNC3=O)c2)C2CC2)cc1. The number of nitrogens with zero attached hydrogens (tertiary/aromatic N) is 1. The predicted molar refractivity (Wildman–Crippen MR) is 106 cm³/mol. The van der Waals surface area contributed by atoms with Crippen LogP contribution in [0.4, 0.5) is 4.79 Å². The van der Waals surface area contributed by atoms with Crippen molar-refractivity contribution in [2.45, 2.75) is 25.4 Å². The first kappa shape index (κ1) is 19.0. The van der Waals surface area contributed by atoms with Crippen LogP contribution in [0.15, 0.2) is 48.5 Å². The molecule has 4 rings (SSSR count). The molecule has 4 amide bonds. The first-order valence-corrected chi connectivity index (χ1v) is 9.67. The van der Waals surface area contributed by atoms with Gasteiger partial charge in [-0.1, -0.05) is 24.3 Å². The van der Waals surface area contributed by atoms with Crippen LogP contribution >= 0.6 is 0 Å². The van der Waals surface area contributed by atoms with E-state index in [1.807, 2.05) is 24.3 Å². The number of rotatable bonds is 7. The molecule has 1 heterocycles. The highest BCUT2D eigenvalue weighted by molar-refractivity contribution is 6.02. The quantitative estimate of drug-likeness (QED) is 0.708. The fourth-order valence-electron chi connectivity index (χ4n) is 3.55. The number of ether oxygens (including phenoxy) is 1. The van der Waals surface area contributed by atoms with E-state index < -0.39 is 6.03 Å². The second-order valence-electron chi connectivity index (χ2n) is 7.40. The molecule has 2 N–H and O–H groups in total. The van der Waals surface area contributed by atoms with Gasteiger partial charge in [-0.15, -0.1) is 0 Å². The van der Waals surface area contributed by atoms with Crippen molar-refractivity contribution in [2.24, 2.45) is 5.92 Å². The lowest BCUT2D eigenvalue weighted by Crippen LogP contribution is -2.31. The molecule has 2 aromatic rings. The third-order valence-electron chi connectivity index (χ3n) is 5.32. The van der Waals surface area contributed by atoms with Crippen molar-refractivity contribution < 1.29 is 19.1 Å². The Hall–Kier alpha value is -3.35. The lowest BCUT2D eigenvalue weighted by Gasteiger charge is -2.20. The topological polar surface area (TPSA) is 87.7 Å². The normalized spacial score (nSPS) is 17.1. The molecule has 0 bridgehead atoms. The van der Waals surface area contributed by atoms with Gasteiger partial charge in [-0.2, -0.15) is 0 Å². The van der Waals surface area contributed by atoms with Gasteiger partial charge < -0.3 is 15.4 Å². The molecular formula is C22H23N3O4. The van der Waals surface area contributed by atoms with E-state index in [4.69, 9.17) is 4.74 Å². The van der Waals surface area contributed by atoms with Gasteiger partial charge in [0, 0.05) is 5.56 Å². The highest BCUT2D eigenvalue weighted by Crippen LogP contribution is 2.41. The highest BCUT2D eigenvalue weighted by Gasteiger charge is 2.34. The summed E-state index contributed by atoms with van der Waals surface area (Å²) in [5, 5.41) is 5.65. The van der Waals surface area contributed by atoms with Gasteiger partial charge in [0.05, 0.1) is 26.2 Å². The molecule has 2 aliphatic rings. The van der Waals surface area contributed by atoms with Crippen LogP contribution in [0, 0.1) is 5.92 Å². The van der Waals surface area contributed by atoms with Crippen LogP contribution in [0.3, 0.4) is 0 Å². The zero-order valence-electron chi connectivity index (χ0n) is 16.2. The molecule has 0 unspecified atom stereocenters. The largest absolute Gasteiger partial charge is 0.497 e. The molecule has 1 saturated heterocycles. The van der Waals surface area contributed by atoms with Crippen molar-refractivity contribution in [1.29, 1.82) is 0 Å². The number of imide groups is 1. The second kappa shape index (κ2) is 7.95. The maximum absolute atomic E-state index is 12.9. The highest BCUT2D eigenvalue weighted by atomic mass is 16.5. The van der Waals surface area contributed by atoms with E-state index in [1.165, 1.54) is 0 Å². The number of amides is 4. The Balaban J connectivity index is 1.48. The minimum atomic E-state index is -0.404. The molecule has 1 saturated carbocycles. The van der Waals surface area contributed by atoms with Crippen LogP contribution in [0.1, 0.15) is 40.4 Å². The molecule has 7 heteroatoms. The van der Waals surface area contributed by atoms with Gasteiger partial charge in [0.15, 0.2) is 0 Å². The first-order chi connectivity index (χ1) is 14.0. The Labute approximate surface area is 169 Å². The zero-order valence-corrected chi connectivity index (χ0v) is 16.2. The number of hydrogen-bond acceptors (Lipinski definition) is 4. The van der Waals surface area contributed by atoms with Crippen LogP contribution in [0.5, 0.6) is 5.75 Å². The maximum Gasteiger partial charge on any atom is 0.324 e. The Bertz CT molecular complexity index is 921. The molecule has 0 aromatic heterocycles. The number of nitrogens with one attached hydrogen (secondary N) is 2. The summed E-state index contributed by atoms with van der Waals surface area (Å²) in [4.78, 5) is 37.6. The average Bonchev–Trinajstić information content (AvgIpc) is 3.54. The number of benzene rings is 2. The molecule has 1 aliphatic heterocycles. The summed E-state index contributed by atoms with van der Waals surface area (Å²) in [6.45, 7) is 0.167. The van der Waals surface area contributed by atoms with E-state index in [-0.39, 0.29) is 30.9 Å². The maximum atomic E-state index is 12.9. The van der Waals surface area contributed by atoms with E-state index in [0.29, 0.717) is 11.5 Å². The van der Waals surface area contributed by atoms with Crippen molar-refractivity contribution in [2.75, 3.05) is 13.7 Å². The minimum Gasteiger partial charge on any atom is -0.497 e. The van der Waals surface area contributed by atoms with Gasteiger partial charge in [-0.25, -0.2) is 4.79 Å². The van der Waals surface area contributed by atoms with Gasteiger partial charge in [0.25, 0.3) is 5.91 Å². The Morgan fingerprint density at radius 3 is 2.59 bits per heavy atom. The van der Waals surface area contributed by atoms with Crippen LogP contribution < -0.4 is 15.4 Å². The van der Waals surface area contributed by atoms with Crippen molar-refractivity contribution in [3.8, 4) is 5.75 Å². The molecule has 0 spiro atoms. The van der Waals surface area contributed by atoms with Gasteiger partial charge in [0.1, 0.15) is 5.75 Å². The predicted octanol–water partition coefficient (Wildman–Crippen LogP) is 2.63. The minimum absolute atomic E-state index is 0.0178. The van der Waals surface area contributed by atoms with Gasteiger partial charge in [0.2, 0.25) is 5.91 Å². The van der Waals surface area contributed by atoms with Gasteiger partial charge in [-0.3, -0.25) is 14.5 Å². The van der Waals surface area contributed by atoms with Crippen LogP contribution in [0.2, 0.25) is 0 Å². The summed E-state index contributed by atoms with van der Waals surface area (Å²) >= 11 is 0. The lowest BCUT2D eigenvalue weighted by molar-refractivity contribution is -0.125. The molecule has 150 valence electrons. The van der Waals surface area contributed by atoms with Crippen molar-refractivity contribution in [1.82, 2.24) is 15.5 Å². The molecule has 2 fully saturated rings. The smallest absolute Gasteiger partial charge is 0.324 e. The second-order valence-corrected chi connectivity index (χ2v) is 7.40. The van der Waals surface area contributed by atoms with E-state index >= 15 is 0 Å². The van der Waals surface area contributed by atoms with E-state index in [9.17, 15) is 14.4 Å². The van der Waals surface area contributed by atoms with Gasteiger partial charge in [-0.05, 0) is 54.2 Å². The fourth-order valence-corrected chi connectivity index (χ4v) is 3.55. The molecule has 7 nitrogen and oxygen atoms in total. The lowest BCUT2D eigenvalue weighted by atomic mass is 10.0. The number of methoxy groups -OCH3 is 1. The summed E-state index contributed by atoms with van der Waals surface area (Å²) in [6, 6.07) is 14.3. The number of urea groups is 1. The van der Waals surface area contributed by atoms with Gasteiger partial charge >= 0.3 is 6.03 Å². The van der Waals surface area contributed by atoms with Crippen molar-refractivity contribution in [3.05, 3.63) is 65.2 Å². The summed E-state index contributed by atoms with van der Waals surface area (Å²) < 4.78 is 5.21. The first-order valence-electron chi connectivity index (χ1n) is 9.67. The summed E-state index contributed by atoms with van der Waals surface area (Å²) in [5.41, 5.74) is 2.29. The van der Waals surface area contributed by atoms with E-state index in [0.717, 1.165) is 34.6 Å².